The van der Waals surface area contributed by atoms with Gasteiger partial charge in [-0.1, -0.05) is 44.2 Å². The minimum atomic E-state index is -1.87. The number of nitrogens with one attached hydrogen (secondary N) is 9. The van der Waals surface area contributed by atoms with Crippen molar-refractivity contribution in [2.24, 2.45) is 50.3 Å². The number of guanidine groups is 2. The molecule has 0 aliphatic heterocycles. The summed E-state index contributed by atoms with van der Waals surface area (Å²) in [6.07, 6.45) is -5.28. The van der Waals surface area contributed by atoms with Gasteiger partial charge in [0.25, 0.3) is 0 Å². The van der Waals surface area contributed by atoms with E-state index in [1.165, 1.54) is 13.8 Å². The van der Waals surface area contributed by atoms with E-state index < -0.39 is 182 Å². The number of aliphatic imine (C=N–C) groups is 2. The lowest BCUT2D eigenvalue weighted by atomic mass is 10.00. The van der Waals surface area contributed by atoms with Crippen LogP contribution < -0.4 is 82.3 Å². The van der Waals surface area contributed by atoms with Crippen molar-refractivity contribution in [1.29, 1.82) is 0 Å². The minimum Gasteiger partial charge on any atom is -0.481 e. The average Bonchev–Trinajstić information content (AvgIpc) is 3.47. The molecule has 0 heterocycles. The Morgan fingerprint density at radius 1 is 0.482 bits per heavy atom. The monoisotopic (exact) mass is 1180 g/mol. The van der Waals surface area contributed by atoms with Gasteiger partial charge in [0.15, 0.2) is 11.9 Å². The van der Waals surface area contributed by atoms with Gasteiger partial charge in [0.2, 0.25) is 65.0 Å². The predicted octanol–water partition coefficient (Wildman–Crippen LogP) is -8.16. The normalized spacial score (nSPS) is 14.4. The molecule has 0 unspecified atom stereocenters. The first-order chi connectivity index (χ1) is 38.9. The van der Waals surface area contributed by atoms with Crippen molar-refractivity contribution in [2.75, 3.05) is 19.7 Å². The Balaban J connectivity index is 3.63. The van der Waals surface area contributed by atoms with Crippen LogP contribution in [0.3, 0.4) is 0 Å². The largest absolute Gasteiger partial charge is 0.481 e. The van der Waals surface area contributed by atoms with Gasteiger partial charge < -0.3 is 103 Å². The molecule has 0 aliphatic carbocycles. The maximum atomic E-state index is 14.4. The number of carbonyl (C=O) groups excluding carboxylic acids is 11. The van der Waals surface area contributed by atoms with Crippen LogP contribution in [0.15, 0.2) is 40.3 Å². The van der Waals surface area contributed by atoms with Crippen molar-refractivity contribution in [3.63, 3.8) is 0 Å². The van der Waals surface area contributed by atoms with Crippen LogP contribution in [-0.4, -0.2) is 189 Å². The number of amides is 11. The highest BCUT2D eigenvalue weighted by molar-refractivity contribution is 5.99. The molecular weight excluding hydrogens is 1100 g/mol. The van der Waals surface area contributed by atoms with Crippen LogP contribution in [-0.2, 0) is 68.7 Å². The Morgan fingerprint density at radius 3 is 1.31 bits per heavy atom. The minimum absolute atomic E-state index is 0.00915. The lowest BCUT2D eigenvalue weighted by Gasteiger charge is -2.30. The second-order valence-corrected chi connectivity index (χ2v) is 19.3. The molecule has 462 valence electrons. The maximum absolute atomic E-state index is 14.4. The summed E-state index contributed by atoms with van der Waals surface area (Å²) in [5.41, 5.74) is 32.7. The van der Waals surface area contributed by atoms with Gasteiger partial charge in [0.05, 0.1) is 19.1 Å². The quantitative estimate of drug-likeness (QED) is 0.0165. The Kier molecular flexibility index (Phi) is 31.9. The SMILES string of the molecule is CC(=O)N[C@@H](CCCN=C(N)N)C(=O)N[C@@H](CCC(=O)O)C(=O)N[C@H](C(=O)N[C@H](C(=O)N[C@@H](CCCN=C(N)N)C(=O)N[C@@H](Cc1ccccc1)C(=O)N[C@@H](CCC(N)=O)C(=O)N[C@@H](CO)C(=O)N[C@@H](CC(=O)O)C(N)=O)C(C)C)[C@@H](C)O. The average molecular weight is 1180 g/mol. The first-order valence-corrected chi connectivity index (χ1v) is 26.0. The van der Waals surface area contributed by atoms with Crippen molar-refractivity contribution in [2.45, 2.75) is 152 Å². The van der Waals surface area contributed by atoms with Crippen LogP contribution in [0, 0.1) is 5.92 Å². The van der Waals surface area contributed by atoms with E-state index in [4.69, 9.17) is 39.5 Å². The summed E-state index contributed by atoms with van der Waals surface area (Å²) < 4.78 is 0. The summed E-state index contributed by atoms with van der Waals surface area (Å²) in [7, 11) is 0. The second-order valence-electron chi connectivity index (χ2n) is 19.3. The van der Waals surface area contributed by atoms with Crippen LogP contribution >= 0.6 is 0 Å². The highest BCUT2D eigenvalue weighted by Crippen LogP contribution is 2.12. The molecule has 25 N–H and O–H groups in total. The summed E-state index contributed by atoms with van der Waals surface area (Å²) in [5, 5.41) is 60.5. The molecule has 0 aliphatic rings. The van der Waals surface area contributed by atoms with Crippen molar-refractivity contribution in [3.05, 3.63) is 35.9 Å². The molecular formula is C49H79N17O17. The summed E-state index contributed by atoms with van der Waals surface area (Å²) in [4.78, 5) is 177. The number of carbonyl (C=O) groups is 13. The number of aliphatic carboxylic acids is 2. The lowest BCUT2D eigenvalue weighted by molar-refractivity contribution is -0.141. The van der Waals surface area contributed by atoms with Crippen molar-refractivity contribution in [3.8, 4) is 0 Å². The highest BCUT2D eigenvalue weighted by atomic mass is 16.4. The molecule has 10 atom stereocenters. The number of nitrogens with zero attached hydrogens (tertiary/aromatic N) is 2. The molecule has 1 rings (SSSR count). The first kappa shape index (κ1) is 71.8. The maximum Gasteiger partial charge on any atom is 0.305 e. The van der Waals surface area contributed by atoms with E-state index in [0.717, 1.165) is 13.8 Å². The number of carboxylic acid groups (broad SMARTS) is 2. The standard InChI is InChI=1S/C49H79N17O17/c1-23(2)37(65-47(83)38(24(3)68)66-43(79)30(15-17-35(71)72)59-40(76)27(58-25(4)69)12-8-18-56-48(52)53)46(82)61-28(13-9-19-57-49(54)55)41(77)63-32(20-26-10-6-5-7-11-26)44(80)60-29(14-16-34(50)70)42(78)64-33(22-67)45(81)62-31(39(51)75)21-36(73)74/h5-7,10-11,23-24,27-33,37-38,67-68H,8-9,12-22H2,1-4H3,(H2,50,70)(H2,51,75)(H,58,69)(H,59,76)(H,60,80)(H,61,82)(H,62,81)(H,63,77)(H,64,78)(H,65,83)(H,66,79)(H,71,72)(H,73,74)(H4,52,53,56)(H4,54,55,57)/t24-,27+,28+,29+,30+,31+,32+,33+,37+,38+/m1/s1. The van der Waals surface area contributed by atoms with Crippen molar-refractivity contribution in [1.82, 2.24) is 47.9 Å². The van der Waals surface area contributed by atoms with Gasteiger partial charge >= 0.3 is 11.9 Å². The number of aliphatic hydroxyl groups excluding tert-OH is 2. The third kappa shape index (κ3) is 28.7. The van der Waals surface area contributed by atoms with Crippen LogP contribution in [0.2, 0.25) is 0 Å². The fourth-order valence-electron chi connectivity index (χ4n) is 7.59. The zero-order chi connectivity index (χ0) is 63.1. The van der Waals surface area contributed by atoms with Crippen LogP contribution in [0.4, 0.5) is 0 Å². The van der Waals surface area contributed by atoms with Gasteiger partial charge in [-0.2, -0.15) is 0 Å². The molecule has 0 saturated heterocycles. The molecule has 0 saturated carbocycles. The topological polar surface area (TPSA) is 592 Å². The van der Waals surface area contributed by atoms with Gasteiger partial charge in [-0.15, -0.1) is 0 Å². The summed E-state index contributed by atoms with van der Waals surface area (Å²) in [6, 6.07) is -6.84. The third-order valence-corrected chi connectivity index (χ3v) is 11.9. The summed E-state index contributed by atoms with van der Waals surface area (Å²) >= 11 is 0. The molecule has 83 heavy (non-hydrogen) atoms. The number of benzene rings is 1. The van der Waals surface area contributed by atoms with Gasteiger partial charge in [-0.05, 0) is 56.9 Å². The van der Waals surface area contributed by atoms with Crippen LogP contribution in [0.25, 0.3) is 0 Å². The Hall–Kier alpha value is -9.21. The molecule has 34 heteroatoms. The van der Waals surface area contributed by atoms with E-state index in [9.17, 15) is 77.6 Å². The Labute approximate surface area is 476 Å². The third-order valence-electron chi connectivity index (χ3n) is 11.9. The molecule has 1 aromatic rings. The van der Waals surface area contributed by atoms with Crippen LogP contribution in [0.1, 0.15) is 91.0 Å². The van der Waals surface area contributed by atoms with Gasteiger partial charge in [0, 0.05) is 39.3 Å². The molecule has 0 radical (unpaired) electrons. The molecule has 0 fully saturated rings. The van der Waals surface area contributed by atoms with E-state index in [-0.39, 0.29) is 57.1 Å². The highest BCUT2D eigenvalue weighted by Gasteiger charge is 2.37. The van der Waals surface area contributed by atoms with E-state index in [1.54, 1.807) is 30.3 Å². The Morgan fingerprint density at radius 2 is 0.880 bits per heavy atom. The van der Waals surface area contributed by atoms with E-state index in [0.29, 0.717) is 5.56 Å². The number of hydrogen-bond acceptors (Lipinski definition) is 17. The van der Waals surface area contributed by atoms with Crippen LogP contribution in [0.5, 0.6) is 0 Å². The second kappa shape index (κ2) is 36.9. The lowest BCUT2D eigenvalue weighted by Crippen LogP contribution is -2.62. The molecule has 11 amide bonds. The fraction of sp³-hybridized carbons (Fsp3) is 0.571. The fourth-order valence-corrected chi connectivity index (χ4v) is 7.59. The van der Waals surface area contributed by atoms with E-state index in [1.807, 2.05) is 5.32 Å². The molecule has 0 spiro atoms. The van der Waals surface area contributed by atoms with Gasteiger partial charge in [-0.3, -0.25) is 72.3 Å². The summed E-state index contributed by atoms with van der Waals surface area (Å²) in [5.74, 6) is -15.9. The van der Waals surface area contributed by atoms with Gasteiger partial charge in [-0.25, -0.2) is 0 Å². The number of aliphatic hydroxyl groups is 2. The van der Waals surface area contributed by atoms with Gasteiger partial charge in [0.1, 0.15) is 54.4 Å². The molecule has 1 aromatic carbocycles. The zero-order valence-corrected chi connectivity index (χ0v) is 46.4. The first-order valence-electron chi connectivity index (χ1n) is 26.0. The number of nitrogens with two attached hydrogens (primary N) is 6. The number of primary amides is 2. The molecule has 0 aromatic heterocycles. The number of rotatable bonds is 39. The Bertz CT molecular complexity index is 2490. The smallest absolute Gasteiger partial charge is 0.305 e. The van der Waals surface area contributed by atoms with Crippen molar-refractivity contribution >= 4 is 88.8 Å². The predicted molar refractivity (Wildman–Crippen MR) is 293 cm³/mol. The molecule has 34 nitrogen and oxygen atoms in total. The number of carboxylic acids is 2. The van der Waals surface area contributed by atoms with Crippen molar-refractivity contribution < 1.29 is 82.8 Å². The summed E-state index contributed by atoms with van der Waals surface area (Å²) in [6.45, 7) is 4.08. The van der Waals surface area contributed by atoms with E-state index in [2.05, 4.69) is 52.5 Å². The zero-order valence-electron chi connectivity index (χ0n) is 46.4. The number of hydrogen-bond donors (Lipinski definition) is 19. The van der Waals surface area contributed by atoms with E-state index >= 15 is 0 Å². The molecule has 0 bridgehead atoms.